The summed E-state index contributed by atoms with van der Waals surface area (Å²) in [6.45, 7) is 1.92. The van der Waals surface area contributed by atoms with Gasteiger partial charge in [-0.25, -0.2) is 4.79 Å². The molecule has 1 heterocycles. The summed E-state index contributed by atoms with van der Waals surface area (Å²) in [5.74, 6) is -1.29. The zero-order chi connectivity index (χ0) is 18.7. The largest absolute Gasteiger partial charge is 0.478 e. The molecule has 1 amide bonds. The van der Waals surface area contributed by atoms with E-state index in [1.807, 2.05) is 43.3 Å². The van der Waals surface area contributed by atoms with Gasteiger partial charge >= 0.3 is 5.97 Å². The van der Waals surface area contributed by atoms with Crippen LogP contribution in [0, 0.1) is 0 Å². The van der Waals surface area contributed by atoms with Crippen LogP contribution in [0.2, 0.25) is 0 Å². The predicted molar refractivity (Wildman–Crippen MR) is 109 cm³/mol. The number of carbonyl (C=O) groups is 2. The number of thiocarbonyl (C=S) groups is 1. The number of thioether (sulfide) groups is 1. The van der Waals surface area contributed by atoms with Gasteiger partial charge in [0.25, 0.3) is 5.91 Å². The van der Waals surface area contributed by atoms with Crippen molar-refractivity contribution in [2.45, 2.75) is 6.92 Å². The maximum atomic E-state index is 12.8. The molecule has 0 aliphatic carbocycles. The summed E-state index contributed by atoms with van der Waals surface area (Å²) in [4.78, 5) is 25.8. The summed E-state index contributed by atoms with van der Waals surface area (Å²) in [6, 6.07) is 16.0. The van der Waals surface area contributed by atoms with Gasteiger partial charge in [-0.1, -0.05) is 66.5 Å². The number of aromatic carboxylic acids is 1. The maximum absolute atomic E-state index is 12.8. The van der Waals surface area contributed by atoms with Crippen molar-refractivity contribution in [3.05, 3.63) is 82.3 Å². The number of benzene rings is 2. The maximum Gasteiger partial charge on any atom is 0.335 e. The molecule has 1 aliphatic rings. The number of allylic oxidation sites excluding steroid dienone is 2. The van der Waals surface area contributed by atoms with Crippen LogP contribution in [0.5, 0.6) is 0 Å². The molecule has 6 heteroatoms. The van der Waals surface area contributed by atoms with E-state index in [0.717, 1.165) is 11.1 Å². The van der Waals surface area contributed by atoms with E-state index in [1.54, 1.807) is 18.2 Å². The lowest BCUT2D eigenvalue weighted by molar-refractivity contribution is -0.113. The van der Waals surface area contributed by atoms with Gasteiger partial charge in [0, 0.05) is 0 Å². The van der Waals surface area contributed by atoms with Gasteiger partial charge in [-0.15, -0.1) is 0 Å². The van der Waals surface area contributed by atoms with Crippen molar-refractivity contribution in [1.82, 2.24) is 0 Å². The van der Waals surface area contributed by atoms with E-state index in [9.17, 15) is 9.59 Å². The average Bonchev–Trinajstić information content (AvgIpc) is 2.89. The van der Waals surface area contributed by atoms with Gasteiger partial charge < -0.3 is 5.11 Å². The van der Waals surface area contributed by atoms with Crippen LogP contribution >= 0.6 is 24.0 Å². The standard InChI is InChI=1S/C20H15NO3S2/c1-13(10-14-6-3-2-4-7-14)11-17-18(22)21(20(25)26-17)16-9-5-8-15(12-16)19(23)24/h2-12H,1H3,(H,23,24). The number of rotatable bonds is 4. The molecule has 3 rings (SSSR count). The monoisotopic (exact) mass is 381 g/mol. The molecule has 1 N–H and O–H groups in total. The molecule has 0 bridgehead atoms. The Labute approximate surface area is 160 Å². The molecule has 0 spiro atoms. The van der Waals surface area contributed by atoms with Crippen LogP contribution in [-0.4, -0.2) is 21.3 Å². The van der Waals surface area contributed by atoms with E-state index < -0.39 is 5.97 Å². The fraction of sp³-hybridized carbons (Fsp3) is 0.0500. The molecule has 1 saturated heterocycles. The Kier molecular flexibility index (Phi) is 5.35. The molecule has 0 unspecified atom stereocenters. The minimum absolute atomic E-state index is 0.112. The van der Waals surface area contributed by atoms with Gasteiger partial charge in [0.15, 0.2) is 4.32 Å². The van der Waals surface area contributed by atoms with Crippen molar-refractivity contribution in [1.29, 1.82) is 0 Å². The zero-order valence-electron chi connectivity index (χ0n) is 13.9. The van der Waals surface area contributed by atoms with E-state index in [1.165, 1.54) is 28.8 Å². The van der Waals surface area contributed by atoms with E-state index in [4.69, 9.17) is 17.3 Å². The third-order valence-electron chi connectivity index (χ3n) is 3.70. The highest BCUT2D eigenvalue weighted by Crippen LogP contribution is 2.35. The van der Waals surface area contributed by atoms with Crippen LogP contribution in [0.25, 0.3) is 6.08 Å². The summed E-state index contributed by atoms with van der Waals surface area (Å²) >= 11 is 6.54. The fourth-order valence-corrected chi connectivity index (χ4v) is 3.88. The Morgan fingerprint density at radius 3 is 2.58 bits per heavy atom. The van der Waals surface area contributed by atoms with Crippen molar-refractivity contribution in [2.24, 2.45) is 0 Å². The minimum atomic E-state index is -1.05. The first-order valence-electron chi connectivity index (χ1n) is 7.80. The molecule has 1 fully saturated rings. The molecule has 2 aromatic rings. The third-order valence-corrected chi connectivity index (χ3v) is 5.00. The van der Waals surface area contributed by atoms with Crippen molar-refractivity contribution < 1.29 is 14.7 Å². The Morgan fingerprint density at radius 1 is 1.15 bits per heavy atom. The molecular formula is C20H15NO3S2. The molecule has 4 nitrogen and oxygen atoms in total. The molecule has 0 aromatic heterocycles. The van der Waals surface area contributed by atoms with E-state index in [2.05, 4.69) is 0 Å². The van der Waals surface area contributed by atoms with Gasteiger partial charge in [0.2, 0.25) is 0 Å². The summed E-state index contributed by atoms with van der Waals surface area (Å²) in [5.41, 5.74) is 2.54. The SMILES string of the molecule is CC(=Cc1ccccc1)C=C1SC(=S)N(c2cccc(C(=O)O)c2)C1=O. The van der Waals surface area contributed by atoms with Crippen LogP contribution in [0.4, 0.5) is 5.69 Å². The summed E-state index contributed by atoms with van der Waals surface area (Å²) < 4.78 is 0.385. The van der Waals surface area contributed by atoms with E-state index in [0.29, 0.717) is 14.9 Å². The van der Waals surface area contributed by atoms with Crippen molar-refractivity contribution in [2.75, 3.05) is 4.90 Å². The van der Waals surface area contributed by atoms with Crippen LogP contribution in [0.15, 0.2) is 71.2 Å². The Balaban J connectivity index is 1.88. The number of anilines is 1. The lowest BCUT2D eigenvalue weighted by Gasteiger charge is -2.14. The molecule has 0 radical (unpaired) electrons. The molecule has 1 aliphatic heterocycles. The second-order valence-corrected chi connectivity index (χ2v) is 7.35. The lowest BCUT2D eigenvalue weighted by atomic mass is 10.1. The first kappa shape index (κ1) is 18.1. The molecule has 0 atom stereocenters. The highest BCUT2D eigenvalue weighted by atomic mass is 32.2. The fourth-order valence-electron chi connectivity index (χ4n) is 2.53. The summed E-state index contributed by atoms with van der Waals surface area (Å²) in [5, 5.41) is 9.13. The van der Waals surface area contributed by atoms with Gasteiger partial charge in [-0.2, -0.15) is 0 Å². The molecule has 2 aromatic carbocycles. The van der Waals surface area contributed by atoms with E-state index in [-0.39, 0.29) is 11.5 Å². The van der Waals surface area contributed by atoms with Gasteiger partial charge in [-0.3, -0.25) is 9.69 Å². The normalized spacial score (nSPS) is 16.4. The summed E-state index contributed by atoms with van der Waals surface area (Å²) in [7, 11) is 0. The number of carboxylic acids is 1. The Bertz CT molecular complexity index is 949. The van der Waals surface area contributed by atoms with Gasteiger partial charge in [0.1, 0.15) is 0 Å². The number of hydrogen-bond acceptors (Lipinski definition) is 4. The van der Waals surface area contributed by atoms with Crippen LogP contribution in [-0.2, 0) is 4.79 Å². The van der Waals surface area contributed by atoms with Crippen molar-refractivity contribution in [3.63, 3.8) is 0 Å². The quantitative estimate of drug-likeness (QED) is 0.612. The Hall–Kier alpha value is -2.70. The molecule has 0 saturated carbocycles. The number of nitrogens with zero attached hydrogens (tertiary/aromatic N) is 1. The topological polar surface area (TPSA) is 57.6 Å². The second-order valence-electron chi connectivity index (χ2n) is 5.67. The number of amides is 1. The number of carbonyl (C=O) groups excluding carboxylic acids is 1. The molecule has 26 heavy (non-hydrogen) atoms. The smallest absolute Gasteiger partial charge is 0.335 e. The first-order chi connectivity index (χ1) is 12.5. The minimum Gasteiger partial charge on any atom is -0.478 e. The highest BCUT2D eigenvalue weighted by molar-refractivity contribution is 8.27. The zero-order valence-corrected chi connectivity index (χ0v) is 15.5. The Morgan fingerprint density at radius 2 is 1.88 bits per heavy atom. The van der Waals surface area contributed by atoms with Crippen LogP contribution < -0.4 is 4.90 Å². The molecular weight excluding hydrogens is 366 g/mol. The average molecular weight is 381 g/mol. The predicted octanol–water partition coefficient (Wildman–Crippen LogP) is 4.74. The first-order valence-corrected chi connectivity index (χ1v) is 9.03. The van der Waals surface area contributed by atoms with Crippen LogP contribution in [0.3, 0.4) is 0 Å². The summed E-state index contributed by atoms with van der Waals surface area (Å²) in [6.07, 6.45) is 3.78. The number of hydrogen-bond donors (Lipinski definition) is 1. The van der Waals surface area contributed by atoms with Gasteiger partial charge in [-0.05, 0) is 42.3 Å². The van der Waals surface area contributed by atoms with E-state index >= 15 is 0 Å². The number of carboxylic acid groups (broad SMARTS) is 1. The van der Waals surface area contributed by atoms with Crippen molar-refractivity contribution >= 4 is 51.9 Å². The highest BCUT2D eigenvalue weighted by Gasteiger charge is 2.33. The van der Waals surface area contributed by atoms with Crippen LogP contribution in [0.1, 0.15) is 22.8 Å². The van der Waals surface area contributed by atoms with Crippen molar-refractivity contribution in [3.8, 4) is 0 Å². The molecule has 130 valence electrons. The third kappa shape index (κ3) is 3.92. The van der Waals surface area contributed by atoms with Gasteiger partial charge in [0.05, 0.1) is 16.2 Å². The lowest BCUT2D eigenvalue weighted by Crippen LogP contribution is -2.27. The second kappa shape index (κ2) is 7.68.